The third kappa shape index (κ3) is 2.54. The first kappa shape index (κ1) is 12.7. The van der Waals surface area contributed by atoms with Crippen LogP contribution in [-0.4, -0.2) is 4.98 Å². The van der Waals surface area contributed by atoms with Gasteiger partial charge < -0.3 is 10.3 Å². The van der Waals surface area contributed by atoms with E-state index in [-0.39, 0.29) is 0 Å². The van der Waals surface area contributed by atoms with Crippen molar-refractivity contribution in [3.05, 3.63) is 57.4 Å². The Morgan fingerprint density at radius 3 is 2.84 bits per heavy atom. The third-order valence-electron chi connectivity index (χ3n) is 3.27. The second-order valence-electron chi connectivity index (χ2n) is 4.58. The summed E-state index contributed by atoms with van der Waals surface area (Å²) in [6.07, 6.45) is 0. The molecule has 0 radical (unpaired) electrons. The normalized spacial score (nSPS) is 12.9. The number of thiophene rings is 1. The number of fused-ring (bicyclic) bond motifs is 1. The van der Waals surface area contributed by atoms with Gasteiger partial charge in [-0.1, -0.05) is 35.9 Å². The van der Waals surface area contributed by atoms with Gasteiger partial charge in [0.1, 0.15) is 0 Å². The maximum atomic E-state index is 6.40. The van der Waals surface area contributed by atoms with E-state index in [0.29, 0.717) is 6.04 Å². The number of benzene rings is 1. The van der Waals surface area contributed by atoms with Crippen molar-refractivity contribution in [3.63, 3.8) is 0 Å². The number of aromatic amines is 1. The van der Waals surface area contributed by atoms with Gasteiger partial charge in [-0.05, 0) is 24.4 Å². The number of hydrogen-bond acceptors (Lipinski definition) is 2. The van der Waals surface area contributed by atoms with Crippen molar-refractivity contribution in [2.75, 3.05) is 0 Å². The van der Waals surface area contributed by atoms with Crippen LogP contribution in [0.5, 0.6) is 0 Å². The van der Waals surface area contributed by atoms with Crippen LogP contribution in [0, 0.1) is 0 Å². The molecule has 1 aromatic carbocycles. The van der Waals surface area contributed by atoms with E-state index >= 15 is 0 Å². The zero-order valence-corrected chi connectivity index (χ0v) is 12.2. The minimum atomic E-state index is 0.336. The van der Waals surface area contributed by atoms with E-state index in [9.17, 15) is 0 Å². The summed E-state index contributed by atoms with van der Waals surface area (Å²) in [6, 6.07) is 12.7. The molecule has 2 aromatic heterocycles. The van der Waals surface area contributed by atoms with Gasteiger partial charge in [-0.3, -0.25) is 0 Å². The van der Waals surface area contributed by atoms with Gasteiger partial charge >= 0.3 is 0 Å². The molecule has 0 fully saturated rings. The molecule has 1 atom stereocenters. The van der Waals surface area contributed by atoms with E-state index < -0.39 is 0 Å². The number of rotatable bonds is 4. The lowest BCUT2D eigenvalue weighted by Gasteiger charge is -2.11. The summed E-state index contributed by atoms with van der Waals surface area (Å²) in [4.78, 5) is 4.71. The topological polar surface area (TPSA) is 27.8 Å². The Kier molecular flexibility index (Phi) is 3.60. The fraction of sp³-hybridized carbons (Fsp3) is 0.200. The lowest BCUT2D eigenvalue weighted by atomic mass is 10.2. The molecular weight excluding hydrogens is 276 g/mol. The van der Waals surface area contributed by atoms with E-state index in [2.05, 4.69) is 34.7 Å². The van der Waals surface area contributed by atoms with Crippen molar-refractivity contribution >= 4 is 33.8 Å². The monoisotopic (exact) mass is 290 g/mol. The fourth-order valence-corrected chi connectivity index (χ4v) is 3.22. The van der Waals surface area contributed by atoms with Crippen LogP contribution in [-0.2, 0) is 6.54 Å². The van der Waals surface area contributed by atoms with Crippen molar-refractivity contribution in [1.82, 2.24) is 10.3 Å². The molecule has 3 aromatic rings. The second kappa shape index (κ2) is 5.37. The van der Waals surface area contributed by atoms with Crippen LogP contribution < -0.4 is 5.32 Å². The Morgan fingerprint density at radius 1 is 1.26 bits per heavy atom. The highest BCUT2D eigenvalue weighted by molar-refractivity contribution is 7.10. The maximum absolute atomic E-state index is 6.40. The number of H-pyrrole nitrogens is 1. The zero-order chi connectivity index (χ0) is 13.2. The van der Waals surface area contributed by atoms with Crippen molar-refractivity contribution < 1.29 is 0 Å². The molecule has 0 aliphatic carbocycles. The number of hydrogen-bond donors (Lipinski definition) is 2. The van der Waals surface area contributed by atoms with Gasteiger partial charge in [0.25, 0.3) is 0 Å². The molecule has 98 valence electrons. The minimum Gasteiger partial charge on any atom is -0.356 e. The average Bonchev–Trinajstić information content (AvgIpc) is 3.05. The Labute approximate surface area is 121 Å². The predicted octanol–water partition coefficient (Wildman–Crippen LogP) is 4.73. The number of aromatic nitrogens is 1. The fourth-order valence-electron chi connectivity index (χ4n) is 2.18. The molecule has 4 heteroatoms. The van der Waals surface area contributed by atoms with Crippen molar-refractivity contribution in [1.29, 1.82) is 0 Å². The van der Waals surface area contributed by atoms with Gasteiger partial charge in [-0.2, -0.15) is 0 Å². The van der Waals surface area contributed by atoms with E-state index in [1.807, 2.05) is 24.3 Å². The molecule has 2 heterocycles. The van der Waals surface area contributed by atoms with Gasteiger partial charge in [-0.15, -0.1) is 11.3 Å². The van der Waals surface area contributed by atoms with Crippen LogP contribution in [0.2, 0.25) is 5.02 Å². The van der Waals surface area contributed by atoms with Crippen LogP contribution in [0.3, 0.4) is 0 Å². The van der Waals surface area contributed by atoms with Crippen molar-refractivity contribution in [2.45, 2.75) is 19.5 Å². The number of para-hydroxylation sites is 1. The first-order chi connectivity index (χ1) is 9.25. The molecule has 2 nitrogen and oxygen atoms in total. The van der Waals surface area contributed by atoms with Crippen LogP contribution >= 0.6 is 22.9 Å². The van der Waals surface area contributed by atoms with Gasteiger partial charge in [0.05, 0.1) is 5.02 Å². The summed E-state index contributed by atoms with van der Waals surface area (Å²) in [5.74, 6) is 0. The molecular formula is C15H15ClN2S. The van der Waals surface area contributed by atoms with Crippen molar-refractivity contribution in [2.24, 2.45) is 0 Å². The number of nitrogens with one attached hydrogen (secondary N) is 2. The molecule has 3 rings (SSSR count). The minimum absolute atomic E-state index is 0.336. The van der Waals surface area contributed by atoms with E-state index in [1.165, 1.54) is 4.88 Å². The van der Waals surface area contributed by atoms with Crippen LogP contribution in [0.4, 0.5) is 0 Å². The van der Waals surface area contributed by atoms with E-state index in [1.54, 1.807) is 11.3 Å². The Hall–Kier alpha value is -1.29. The average molecular weight is 291 g/mol. The number of halogens is 1. The zero-order valence-electron chi connectivity index (χ0n) is 10.6. The molecule has 0 aliphatic rings. The highest BCUT2D eigenvalue weighted by Gasteiger charge is 2.11. The molecule has 0 spiro atoms. The molecule has 0 bridgehead atoms. The van der Waals surface area contributed by atoms with Crippen LogP contribution in [0.1, 0.15) is 23.5 Å². The van der Waals surface area contributed by atoms with Crippen molar-refractivity contribution in [3.8, 4) is 0 Å². The standard InChI is InChI=1S/C15H15ClN2S/c1-10(14-7-4-8-19-14)17-9-13-15(16)11-5-2-3-6-12(11)18-13/h2-8,10,17-18H,9H2,1H3/t10-/m0/s1. The first-order valence-electron chi connectivity index (χ1n) is 6.27. The molecule has 0 unspecified atom stereocenters. The Bertz CT molecular complexity index is 673. The molecule has 19 heavy (non-hydrogen) atoms. The summed E-state index contributed by atoms with van der Waals surface area (Å²) in [5.41, 5.74) is 2.14. The summed E-state index contributed by atoms with van der Waals surface area (Å²) in [6.45, 7) is 2.91. The van der Waals surface area contributed by atoms with E-state index in [4.69, 9.17) is 11.6 Å². The molecule has 2 N–H and O–H groups in total. The summed E-state index contributed by atoms with van der Waals surface area (Å²) >= 11 is 8.17. The lowest BCUT2D eigenvalue weighted by Crippen LogP contribution is -2.17. The third-order valence-corrected chi connectivity index (χ3v) is 4.76. The smallest absolute Gasteiger partial charge is 0.0705 e. The summed E-state index contributed by atoms with van der Waals surface area (Å²) < 4.78 is 0. The molecule has 0 saturated heterocycles. The summed E-state index contributed by atoms with van der Waals surface area (Å²) in [7, 11) is 0. The Balaban J connectivity index is 1.77. The largest absolute Gasteiger partial charge is 0.356 e. The highest BCUT2D eigenvalue weighted by Crippen LogP contribution is 2.27. The van der Waals surface area contributed by atoms with Gasteiger partial charge in [0.2, 0.25) is 0 Å². The van der Waals surface area contributed by atoms with Gasteiger partial charge in [-0.25, -0.2) is 0 Å². The van der Waals surface area contributed by atoms with Crippen LogP contribution in [0.15, 0.2) is 41.8 Å². The predicted molar refractivity (Wildman–Crippen MR) is 82.9 cm³/mol. The highest BCUT2D eigenvalue weighted by atomic mass is 35.5. The van der Waals surface area contributed by atoms with Gasteiger partial charge in [0.15, 0.2) is 0 Å². The SMILES string of the molecule is C[C@H](NCc1[nH]c2ccccc2c1Cl)c1cccs1. The lowest BCUT2D eigenvalue weighted by molar-refractivity contribution is 0.577. The summed E-state index contributed by atoms with van der Waals surface area (Å²) in [5, 5.41) is 7.51. The maximum Gasteiger partial charge on any atom is 0.0705 e. The van der Waals surface area contributed by atoms with E-state index in [0.717, 1.165) is 28.2 Å². The quantitative estimate of drug-likeness (QED) is 0.714. The molecule has 0 aliphatic heterocycles. The molecule has 0 amide bonds. The first-order valence-corrected chi connectivity index (χ1v) is 7.53. The van der Waals surface area contributed by atoms with Gasteiger partial charge in [0, 0.05) is 34.1 Å². The van der Waals surface area contributed by atoms with Crippen LogP contribution in [0.25, 0.3) is 10.9 Å². The molecule has 0 saturated carbocycles. The second-order valence-corrected chi connectivity index (χ2v) is 5.94. The Morgan fingerprint density at radius 2 is 2.11 bits per heavy atom.